The second-order valence-corrected chi connectivity index (χ2v) is 4.96. The normalized spacial score (nSPS) is 23.4. The fourth-order valence-corrected chi connectivity index (χ4v) is 2.30. The number of ether oxygens (including phenoxy) is 1. The van der Waals surface area contributed by atoms with E-state index < -0.39 is 0 Å². The lowest BCUT2D eigenvalue weighted by Crippen LogP contribution is -2.43. The third-order valence-electron chi connectivity index (χ3n) is 3.44. The first-order valence-electron chi connectivity index (χ1n) is 6.37. The van der Waals surface area contributed by atoms with Gasteiger partial charge in [-0.05, 0) is 32.7 Å². The van der Waals surface area contributed by atoms with Crippen LogP contribution in [0.5, 0.6) is 5.75 Å². The van der Waals surface area contributed by atoms with Crippen LogP contribution in [0.25, 0.3) is 0 Å². The number of nitrogens with zero attached hydrogens (tertiary/aromatic N) is 2. The summed E-state index contributed by atoms with van der Waals surface area (Å²) in [5.41, 5.74) is 2.18. The average molecular weight is 245 g/mol. The Kier molecular flexibility index (Phi) is 3.83. The molecule has 2 atom stereocenters. The summed E-state index contributed by atoms with van der Waals surface area (Å²) in [5.74, 6) is 1.18. The molecule has 1 saturated heterocycles. The zero-order valence-electron chi connectivity index (χ0n) is 11.2. The van der Waals surface area contributed by atoms with Gasteiger partial charge in [0.25, 0.3) is 0 Å². The van der Waals surface area contributed by atoms with Crippen LogP contribution in [0.15, 0.2) is 6.07 Å². The molecule has 2 heterocycles. The topological polar surface area (TPSA) is 57.9 Å². The van der Waals surface area contributed by atoms with Gasteiger partial charge in [0.1, 0.15) is 23.5 Å². The maximum absolute atomic E-state index is 9.20. The molecule has 0 saturated carbocycles. The maximum Gasteiger partial charge on any atom is 0.141 e. The summed E-state index contributed by atoms with van der Waals surface area (Å²) < 4.78 is 6.03. The van der Waals surface area contributed by atoms with Gasteiger partial charge < -0.3 is 10.1 Å². The van der Waals surface area contributed by atoms with E-state index in [1.54, 1.807) is 0 Å². The first-order chi connectivity index (χ1) is 8.61. The molecule has 2 rings (SSSR count). The van der Waals surface area contributed by atoms with Crippen LogP contribution in [0.1, 0.15) is 30.3 Å². The standard InChI is InChI=1S/C14H19N3O/c1-9-4-5-16-8-14(9)18-13-6-10(2)17-11(3)12(13)7-15/h6,9,14,16H,4-5,8H2,1-3H3. The SMILES string of the molecule is Cc1cc(OC2CNCCC2C)c(C#N)c(C)n1. The van der Waals surface area contributed by atoms with E-state index in [9.17, 15) is 5.26 Å². The van der Waals surface area contributed by atoms with Gasteiger partial charge >= 0.3 is 0 Å². The van der Waals surface area contributed by atoms with Gasteiger partial charge in [0.2, 0.25) is 0 Å². The molecule has 1 aliphatic heterocycles. The van der Waals surface area contributed by atoms with Crippen molar-refractivity contribution in [2.75, 3.05) is 13.1 Å². The average Bonchev–Trinajstić information content (AvgIpc) is 2.31. The van der Waals surface area contributed by atoms with Crippen LogP contribution in [0.4, 0.5) is 0 Å². The van der Waals surface area contributed by atoms with Crippen molar-refractivity contribution in [1.29, 1.82) is 5.26 Å². The van der Waals surface area contributed by atoms with Crippen molar-refractivity contribution in [1.82, 2.24) is 10.3 Å². The molecule has 0 bridgehead atoms. The number of pyridine rings is 1. The van der Waals surface area contributed by atoms with Gasteiger partial charge in [-0.3, -0.25) is 4.98 Å². The van der Waals surface area contributed by atoms with Crippen molar-refractivity contribution in [2.45, 2.75) is 33.3 Å². The van der Waals surface area contributed by atoms with E-state index in [0.717, 1.165) is 30.9 Å². The zero-order chi connectivity index (χ0) is 13.1. The molecule has 1 fully saturated rings. The Morgan fingerprint density at radius 1 is 1.50 bits per heavy atom. The van der Waals surface area contributed by atoms with E-state index in [2.05, 4.69) is 23.3 Å². The highest BCUT2D eigenvalue weighted by molar-refractivity contribution is 5.46. The van der Waals surface area contributed by atoms with Gasteiger partial charge in [0.15, 0.2) is 0 Å². The number of rotatable bonds is 2. The smallest absolute Gasteiger partial charge is 0.141 e. The third kappa shape index (κ3) is 2.62. The predicted octanol–water partition coefficient (Wildman–Crippen LogP) is 1.95. The molecule has 1 aromatic heterocycles. The lowest BCUT2D eigenvalue weighted by atomic mass is 9.97. The fraction of sp³-hybridized carbons (Fsp3) is 0.571. The van der Waals surface area contributed by atoms with Crippen LogP contribution in [-0.2, 0) is 0 Å². The molecule has 0 amide bonds. The minimum Gasteiger partial charge on any atom is -0.487 e. The van der Waals surface area contributed by atoms with Crippen molar-refractivity contribution in [2.24, 2.45) is 5.92 Å². The summed E-state index contributed by atoms with van der Waals surface area (Å²) in [6.07, 6.45) is 1.24. The Labute approximate surface area is 108 Å². The van der Waals surface area contributed by atoms with Crippen LogP contribution in [-0.4, -0.2) is 24.2 Å². The highest BCUT2D eigenvalue weighted by Crippen LogP contribution is 2.25. The first-order valence-corrected chi connectivity index (χ1v) is 6.37. The molecule has 4 nitrogen and oxygen atoms in total. The van der Waals surface area contributed by atoms with E-state index in [-0.39, 0.29) is 6.10 Å². The highest BCUT2D eigenvalue weighted by atomic mass is 16.5. The van der Waals surface area contributed by atoms with Gasteiger partial charge in [-0.2, -0.15) is 5.26 Å². The minimum atomic E-state index is 0.132. The van der Waals surface area contributed by atoms with Gasteiger partial charge in [0.05, 0.1) is 5.69 Å². The van der Waals surface area contributed by atoms with Crippen molar-refractivity contribution in [3.8, 4) is 11.8 Å². The fourth-order valence-electron chi connectivity index (χ4n) is 2.30. The van der Waals surface area contributed by atoms with Crippen LogP contribution in [0, 0.1) is 31.1 Å². The molecular weight excluding hydrogens is 226 g/mol. The summed E-state index contributed by atoms with van der Waals surface area (Å²) in [4.78, 5) is 4.30. The molecule has 0 spiro atoms. The Bertz CT molecular complexity index is 479. The molecule has 1 aromatic rings. The molecule has 4 heteroatoms. The number of piperidine rings is 1. The van der Waals surface area contributed by atoms with Crippen LogP contribution < -0.4 is 10.1 Å². The maximum atomic E-state index is 9.20. The molecule has 1 aliphatic rings. The zero-order valence-corrected chi connectivity index (χ0v) is 11.2. The summed E-state index contributed by atoms with van der Waals surface area (Å²) in [5, 5.41) is 12.5. The Balaban J connectivity index is 2.25. The summed E-state index contributed by atoms with van der Waals surface area (Å²) in [6, 6.07) is 4.04. The molecule has 96 valence electrons. The predicted molar refractivity (Wildman–Crippen MR) is 69.5 cm³/mol. The quantitative estimate of drug-likeness (QED) is 0.865. The molecule has 18 heavy (non-hydrogen) atoms. The Hall–Kier alpha value is -1.60. The number of aryl methyl sites for hydroxylation is 2. The van der Waals surface area contributed by atoms with Gasteiger partial charge in [-0.15, -0.1) is 0 Å². The van der Waals surface area contributed by atoms with E-state index in [0.29, 0.717) is 17.2 Å². The molecule has 0 aliphatic carbocycles. The van der Waals surface area contributed by atoms with Crippen LogP contribution in [0.2, 0.25) is 0 Å². The number of aromatic nitrogens is 1. The van der Waals surface area contributed by atoms with Crippen molar-refractivity contribution in [3.63, 3.8) is 0 Å². The number of hydrogen-bond acceptors (Lipinski definition) is 4. The van der Waals surface area contributed by atoms with Crippen LogP contribution in [0.3, 0.4) is 0 Å². The van der Waals surface area contributed by atoms with Gasteiger partial charge in [0, 0.05) is 18.3 Å². The molecule has 1 N–H and O–H groups in total. The second kappa shape index (κ2) is 5.36. The van der Waals surface area contributed by atoms with Crippen LogP contribution >= 0.6 is 0 Å². The lowest BCUT2D eigenvalue weighted by Gasteiger charge is -2.30. The molecule has 0 radical (unpaired) electrons. The monoisotopic (exact) mass is 245 g/mol. The van der Waals surface area contributed by atoms with Gasteiger partial charge in [-0.25, -0.2) is 0 Å². The highest BCUT2D eigenvalue weighted by Gasteiger charge is 2.24. The van der Waals surface area contributed by atoms with E-state index in [4.69, 9.17) is 4.74 Å². The molecular formula is C14H19N3O. The van der Waals surface area contributed by atoms with E-state index >= 15 is 0 Å². The van der Waals surface area contributed by atoms with Gasteiger partial charge in [-0.1, -0.05) is 6.92 Å². The molecule has 2 unspecified atom stereocenters. The summed E-state index contributed by atoms with van der Waals surface area (Å²) >= 11 is 0. The van der Waals surface area contributed by atoms with Crippen molar-refractivity contribution < 1.29 is 4.74 Å². The van der Waals surface area contributed by atoms with Crippen molar-refractivity contribution in [3.05, 3.63) is 23.0 Å². The van der Waals surface area contributed by atoms with Crippen molar-refractivity contribution >= 4 is 0 Å². The first kappa shape index (κ1) is 12.8. The summed E-state index contributed by atoms with van der Waals surface area (Å²) in [7, 11) is 0. The Morgan fingerprint density at radius 2 is 2.28 bits per heavy atom. The number of nitriles is 1. The lowest BCUT2D eigenvalue weighted by molar-refractivity contribution is 0.114. The number of nitrogens with one attached hydrogen (secondary N) is 1. The largest absolute Gasteiger partial charge is 0.487 e. The number of hydrogen-bond donors (Lipinski definition) is 1. The minimum absolute atomic E-state index is 0.132. The third-order valence-corrected chi connectivity index (χ3v) is 3.44. The van der Waals surface area contributed by atoms with E-state index in [1.807, 2.05) is 19.9 Å². The Morgan fingerprint density at radius 3 is 2.94 bits per heavy atom. The summed E-state index contributed by atoms with van der Waals surface area (Å²) in [6.45, 7) is 7.84. The molecule has 0 aromatic carbocycles. The second-order valence-electron chi connectivity index (χ2n) is 4.96. The van der Waals surface area contributed by atoms with E-state index in [1.165, 1.54) is 0 Å².